The molecule has 0 aliphatic rings. The van der Waals surface area contributed by atoms with Crippen LogP contribution in [0.15, 0.2) is 78.9 Å². The van der Waals surface area contributed by atoms with Crippen molar-refractivity contribution in [3.63, 3.8) is 0 Å². The molecule has 0 bridgehead atoms. The average molecular weight is 536 g/mol. The van der Waals surface area contributed by atoms with Crippen molar-refractivity contribution in [1.29, 1.82) is 0 Å². The van der Waals surface area contributed by atoms with Crippen molar-refractivity contribution in [3.05, 3.63) is 107 Å². The number of halogens is 2. The minimum atomic E-state index is -0.801. The summed E-state index contributed by atoms with van der Waals surface area (Å²) in [6, 6.07) is 22.5. The van der Waals surface area contributed by atoms with E-state index in [0.717, 1.165) is 28.9 Å². The lowest BCUT2D eigenvalue weighted by molar-refractivity contribution is 0.00666. The van der Waals surface area contributed by atoms with Crippen LogP contribution in [-0.4, -0.2) is 45.6 Å². The first-order chi connectivity index (χ1) is 18.8. The van der Waals surface area contributed by atoms with E-state index in [1.807, 2.05) is 67.6 Å². The van der Waals surface area contributed by atoms with Gasteiger partial charge in [0.1, 0.15) is 5.82 Å². The third kappa shape index (κ3) is 7.95. The van der Waals surface area contributed by atoms with Gasteiger partial charge in [-0.2, -0.15) is 5.10 Å². The van der Waals surface area contributed by atoms with E-state index in [2.05, 4.69) is 18.7 Å². The normalized spacial score (nSPS) is 12.3. The molecule has 0 aliphatic heterocycles. The number of benzene rings is 3. The number of aliphatic hydroxyl groups is 1. The monoisotopic (exact) mass is 535 g/mol. The molecule has 0 saturated heterocycles. The molecule has 6 nitrogen and oxygen atoms in total. The molecule has 8 heteroatoms. The largest absolute Gasteiger partial charge is 0.435 e. The van der Waals surface area contributed by atoms with Gasteiger partial charge in [0.2, 0.25) is 5.88 Å². The van der Waals surface area contributed by atoms with E-state index in [1.54, 1.807) is 4.68 Å². The second kappa shape index (κ2) is 13.5. The van der Waals surface area contributed by atoms with E-state index in [-0.39, 0.29) is 12.4 Å². The van der Waals surface area contributed by atoms with E-state index in [1.165, 1.54) is 6.07 Å². The zero-order chi connectivity index (χ0) is 27.8. The number of ether oxygens (including phenoxy) is 2. The molecule has 0 fully saturated rings. The lowest BCUT2D eigenvalue weighted by Gasteiger charge is -2.27. The molecule has 4 aromatic rings. The molecule has 0 aliphatic carbocycles. The first kappa shape index (κ1) is 28.4. The summed E-state index contributed by atoms with van der Waals surface area (Å²) in [6.45, 7) is 8.18. The maximum atomic E-state index is 14.6. The minimum Gasteiger partial charge on any atom is -0.435 e. The highest BCUT2D eigenvalue weighted by molar-refractivity contribution is 5.43. The maximum absolute atomic E-state index is 14.6. The van der Waals surface area contributed by atoms with Gasteiger partial charge in [0.15, 0.2) is 11.6 Å². The highest BCUT2D eigenvalue weighted by Gasteiger charge is 2.24. The molecule has 1 heterocycles. The average Bonchev–Trinajstić information content (AvgIpc) is 3.21. The summed E-state index contributed by atoms with van der Waals surface area (Å²) in [5.74, 6) is -0.915. The second-order valence-electron chi connectivity index (χ2n) is 10.0. The van der Waals surface area contributed by atoms with Crippen LogP contribution in [0.4, 0.5) is 8.78 Å². The van der Waals surface area contributed by atoms with Gasteiger partial charge in [0.05, 0.1) is 36.3 Å². The van der Waals surface area contributed by atoms with E-state index >= 15 is 0 Å². The number of aliphatic hydroxyl groups excluding tert-OH is 1. The summed E-state index contributed by atoms with van der Waals surface area (Å²) < 4.78 is 41.6. The Balaban J connectivity index is 1.57. The van der Waals surface area contributed by atoms with Crippen LogP contribution < -0.4 is 4.74 Å². The Morgan fingerprint density at radius 2 is 1.64 bits per heavy atom. The highest BCUT2D eigenvalue weighted by atomic mass is 19.1. The van der Waals surface area contributed by atoms with Gasteiger partial charge in [0.25, 0.3) is 0 Å². The van der Waals surface area contributed by atoms with Gasteiger partial charge in [-0.25, -0.2) is 13.5 Å². The number of nitrogens with zero attached hydrogens (tertiary/aromatic N) is 3. The van der Waals surface area contributed by atoms with Crippen molar-refractivity contribution in [2.45, 2.75) is 40.0 Å². The quantitative estimate of drug-likeness (QED) is 0.218. The zero-order valence-corrected chi connectivity index (χ0v) is 22.6. The molecule has 1 N–H and O–H groups in total. The number of aryl methyl sites for hydroxylation is 1. The maximum Gasteiger partial charge on any atom is 0.227 e. The SMILES string of the molecule is Cc1nn(-c2ccccc2)c(Oc2ccc(F)cc2F)c1CN(CC(C)C)CC(O)COCc1ccccc1. The zero-order valence-electron chi connectivity index (χ0n) is 22.6. The summed E-state index contributed by atoms with van der Waals surface area (Å²) in [7, 11) is 0. The Bertz CT molecular complexity index is 1330. The van der Waals surface area contributed by atoms with Gasteiger partial charge in [0, 0.05) is 25.7 Å². The van der Waals surface area contributed by atoms with Crippen LogP contribution in [0.2, 0.25) is 0 Å². The highest BCUT2D eigenvalue weighted by Crippen LogP contribution is 2.33. The Morgan fingerprint density at radius 1 is 0.949 bits per heavy atom. The number of hydrogen-bond donors (Lipinski definition) is 1. The van der Waals surface area contributed by atoms with Crippen molar-refractivity contribution >= 4 is 0 Å². The molecule has 0 spiro atoms. The molecule has 1 atom stereocenters. The summed E-state index contributed by atoms with van der Waals surface area (Å²) in [5, 5.41) is 15.5. The third-order valence-corrected chi connectivity index (χ3v) is 6.13. The predicted octanol–water partition coefficient (Wildman–Crippen LogP) is 6.29. The predicted molar refractivity (Wildman–Crippen MR) is 147 cm³/mol. The smallest absolute Gasteiger partial charge is 0.227 e. The minimum absolute atomic E-state index is 0.0977. The van der Waals surface area contributed by atoms with E-state index in [0.29, 0.717) is 43.7 Å². The lowest BCUT2D eigenvalue weighted by Crippen LogP contribution is -2.37. The molecular weight excluding hydrogens is 500 g/mol. The molecule has 4 rings (SSSR count). The molecule has 206 valence electrons. The fourth-order valence-corrected chi connectivity index (χ4v) is 4.41. The van der Waals surface area contributed by atoms with Crippen molar-refractivity contribution in [2.24, 2.45) is 5.92 Å². The van der Waals surface area contributed by atoms with Crippen LogP contribution in [0.5, 0.6) is 11.6 Å². The van der Waals surface area contributed by atoms with Gasteiger partial charge in [-0.1, -0.05) is 62.4 Å². The van der Waals surface area contributed by atoms with Gasteiger partial charge in [-0.3, -0.25) is 4.90 Å². The molecule has 0 radical (unpaired) electrons. The molecule has 1 aromatic heterocycles. The standard InChI is InChI=1S/C31H35F2N3O3/c1-22(2)17-35(18-27(37)21-38-20-24-10-6-4-7-11-24)19-28-23(3)34-36(26-12-8-5-9-13-26)31(28)39-30-15-14-25(32)16-29(30)33/h4-16,22,27,37H,17-21H2,1-3H3. The van der Waals surface area contributed by atoms with Crippen LogP contribution in [0, 0.1) is 24.5 Å². The Morgan fingerprint density at radius 3 is 2.31 bits per heavy atom. The van der Waals surface area contributed by atoms with Crippen LogP contribution >= 0.6 is 0 Å². The Labute approximate surface area is 228 Å². The van der Waals surface area contributed by atoms with Crippen molar-refractivity contribution in [3.8, 4) is 17.3 Å². The van der Waals surface area contributed by atoms with E-state index in [4.69, 9.17) is 14.6 Å². The number of hydrogen-bond acceptors (Lipinski definition) is 5. The fraction of sp³-hybridized carbons (Fsp3) is 0.323. The van der Waals surface area contributed by atoms with Gasteiger partial charge in [-0.05, 0) is 42.7 Å². The Hall–Kier alpha value is -3.59. The number of aromatic nitrogens is 2. The summed E-state index contributed by atoms with van der Waals surface area (Å²) >= 11 is 0. The Kier molecular flexibility index (Phi) is 9.81. The molecule has 3 aromatic carbocycles. The third-order valence-electron chi connectivity index (χ3n) is 6.13. The van der Waals surface area contributed by atoms with Crippen molar-refractivity contribution in [2.75, 3.05) is 19.7 Å². The molecular formula is C31H35F2N3O3. The molecule has 0 saturated carbocycles. The first-order valence-corrected chi connectivity index (χ1v) is 13.1. The molecule has 1 unspecified atom stereocenters. The van der Waals surface area contributed by atoms with Gasteiger partial charge >= 0.3 is 0 Å². The first-order valence-electron chi connectivity index (χ1n) is 13.1. The number of rotatable bonds is 13. The van der Waals surface area contributed by atoms with E-state index < -0.39 is 17.7 Å². The van der Waals surface area contributed by atoms with Crippen LogP contribution in [0.25, 0.3) is 5.69 Å². The lowest BCUT2D eigenvalue weighted by atomic mass is 10.1. The van der Waals surface area contributed by atoms with Gasteiger partial charge < -0.3 is 14.6 Å². The van der Waals surface area contributed by atoms with E-state index in [9.17, 15) is 13.9 Å². The van der Waals surface area contributed by atoms with Crippen LogP contribution in [-0.2, 0) is 17.9 Å². The fourth-order valence-electron chi connectivity index (χ4n) is 4.41. The van der Waals surface area contributed by atoms with Crippen LogP contribution in [0.3, 0.4) is 0 Å². The molecule has 39 heavy (non-hydrogen) atoms. The van der Waals surface area contributed by atoms with Crippen molar-refractivity contribution < 1.29 is 23.4 Å². The second-order valence-corrected chi connectivity index (χ2v) is 10.0. The summed E-state index contributed by atoms with van der Waals surface area (Å²) in [6.07, 6.45) is -0.712. The summed E-state index contributed by atoms with van der Waals surface area (Å²) in [4.78, 5) is 2.12. The molecule has 0 amide bonds. The summed E-state index contributed by atoms with van der Waals surface area (Å²) in [5.41, 5.74) is 3.25. The van der Waals surface area contributed by atoms with Gasteiger partial charge in [-0.15, -0.1) is 0 Å². The number of para-hydroxylation sites is 1. The van der Waals surface area contributed by atoms with Crippen molar-refractivity contribution in [1.82, 2.24) is 14.7 Å². The van der Waals surface area contributed by atoms with Crippen LogP contribution in [0.1, 0.15) is 30.7 Å². The topological polar surface area (TPSA) is 59.8 Å².